The second kappa shape index (κ2) is 11.8. The van der Waals surface area contributed by atoms with E-state index in [1.54, 1.807) is 36.4 Å². The van der Waals surface area contributed by atoms with Crippen molar-refractivity contribution in [1.82, 2.24) is 26.2 Å². The van der Waals surface area contributed by atoms with Gasteiger partial charge in [0.25, 0.3) is 5.91 Å². The number of urea groups is 1. The third-order valence-corrected chi connectivity index (χ3v) is 7.02. The minimum atomic E-state index is -0.920. The number of nitrogens with zero attached hydrogens (tertiary/aromatic N) is 1. The molecule has 0 radical (unpaired) electrons. The van der Waals surface area contributed by atoms with Crippen molar-refractivity contribution in [2.24, 2.45) is 0 Å². The predicted octanol–water partition coefficient (Wildman–Crippen LogP) is 2.30. The van der Waals surface area contributed by atoms with E-state index in [2.05, 4.69) is 21.3 Å². The fraction of sp³-hybridized carbons (Fsp3) is 0.233. The van der Waals surface area contributed by atoms with E-state index in [1.165, 1.54) is 4.90 Å². The molecule has 1 unspecified atom stereocenters. The van der Waals surface area contributed by atoms with Crippen LogP contribution >= 0.6 is 0 Å². The first-order valence-corrected chi connectivity index (χ1v) is 13.1. The highest BCUT2D eigenvalue weighted by Crippen LogP contribution is 2.28. The van der Waals surface area contributed by atoms with Gasteiger partial charge in [0.1, 0.15) is 12.1 Å². The first-order chi connectivity index (χ1) is 19.4. The molecule has 3 aromatic carbocycles. The van der Waals surface area contributed by atoms with Gasteiger partial charge in [0.2, 0.25) is 17.7 Å². The zero-order chi connectivity index (χ0) is 28.1. The lowest BCUT2D eigenvalue weighted by Crippen LogP contribution is -2.52. The highest BCUT2D eigenvalue weighted by molar-refractivity contribution is 6.05. The normalized spacial score (nSPS) is 17.1. The van der Waals surface area contributed by atoms with E-state index in [1.807, 2.05) is 42.5 Å². The summed E-state index contributed by atoms with van der Waals surface area (Å²) in [4.78, 5) is 64.1. The van der Waals surface area contributed by atoms with Crippen LogP contribution in [0.15, 0.2) is 78.9 Å². The summed E-state index contributed by atoms with van der Waals surface area (Å²) in [7, 11) is 0. The SMILES string of the molecule is O=C1CCC(N2Cc3cc(CNC(=O)[C@@H](NC(=O)NCc4ccccc4)c4ccccc4)ccc3C2=O)C(=O)N1. The van der Waals surface area contributed by atoms with Crippen molar-refractivity contribution in [2.75, 3.05) is 0 Å². The molecule has 10 heteroatoms. The number of benzene rings is 3. The van der Waals surface area contributed by atoms with Crippen LogP contribution < -0.4 is 21.3 Å². The second-order valence-corrected chi connectivity index (χ2v) is 9.77. The van der Waals surface area contributed by atoms with Crippen LogP contribution in [0.4, 0.5) is 4.79 Å². The van der Waals surface area contributed by atoms with Crippen molar-refractivity contribution in [3.63, 3.8) is 0 Å². The molecule has 0 aromatic heterocycles. The summed E-state index contributed by atoms with van der Waals surface area (Å²) in [6, 6.07) is 21.6. The predicted molar refractivity (Wildman–Crippen MR) is 145 cm³/mol. The van der Waals surface area contributed by atoms with Gasteiger partial charge in [-0.2, -0.15) is 0 Å². The van der Waals surface area contributed by atoms with E-state index in [4.69, 9.17) is 0 Å². The van der Waals surface area contributed by atoms with Crippen LogP contribution in [0.5, 0.6) is 0 Å². The van der Waals surface area contributed by atoms with Gasteiger partial charge >= 0.3 is 6.03 Å². The molecule has 204 valence electrons. The largest absolute Gasteiger partial charge is 0.350 e. The Morgan fingerprint density at radius 2 is 1.57 bits per heavy atom. The van der Waals surface area contributed by atoms with Crippen LogP contribution in [0.25, 0.3) is 0 Å². The Bertz CT molecular complexity index is 1440. The molecular weight excluding hydrogens is 510 g/mol. The van der Waals surface area contributed by atoms with Gasteiger partial charge in [0.05, 0.1) is 0 Å². The Labute approximate surface area is 231 Å². The van der Waals surface area contributed by atoms with E-state index in [0.29, 0.717) is 24.1 Å². The van der Waals surface area contributed by atoms with Gasteiger partial charge in [-0.15, -0.1) is 0 Å². The van der Waals surface area contributed by atoms with E-state index in [0.717, 1.165) is 16.7 Å². The Balaban J connectivity index is 1.22. The molecule has 0 bridgehead atoms. The lowest BCUT2D eigenvalue weighted by Gasteiger charge is -2.29. The minimum absolute atomic E-state index is 0.176. The summed E-state index contributed by atoms with van der Waals surface area (Å²) in [5.41, 5.74) is 3.59. The van der Waals surface area contributed by atoms with Gasteiger partial charge < -0.3 is 20.9 Å². The first kappa shape index (κ1) is 26.6. The smallest absolute Gasteiger partial charge is 0.315 e. The van der Waals surface area contributed by atoms with Gasteiger partial charge in [0.15, 0.2) is 0 Å². The molecule has 4 N–H and O–H groups in total. The fourth-order valence-electron chi connectivity index (χ4n) is 4.94. The molecule has 2 aliphatic rings. The summed E-state index contributed by atoms with van der Waals surface area (Å²) in [5, 5.41) is 10.7. The molecule has 3 aromatic rings. The molecule has 2 atom stereocenters. The minimum Gasteiger partial charge on any atom is -0.350 e. The summed E-state index contributed by atoms with van der Waals surface area (Å²) in [6.07, 6.45) is 0.481. The van der Waals surface area contributed by atoms with Crippen LogP contribution in [0.3, 0.4) is 0 Å². The van der Waals surface area contributed by atoms with Gasteiger partial charge in [-0.05, 0) is 34.7 Å². The molecule has 10 nitrogen and oxygen atoms in total. The Hall–Kier alpha value is -4.99. The summed E-state index contributed by atoms with van der Waals surface area (Å²) >= 11 is 0. The number of imide groups is 1. The van der Waals surface area contributed by atoms with Crippen molar-refractivity contribution < 1.29 is 24.0 Å². The first-order valence-electron chi connectivity index (χ1n) is 13.1. The number of carbonyl (C=O) groups is 5. The van der Waals surface area contributed by atoms with E-state index in [9.17, 15) is 24.0 Å². The lowest BCUT2D eigenvalue weighted by atomic mass is 10.0. The van der Waals surface area contributed by atoms with Crippen LogP contribution in [-0.2, 0) is 34.0 Å². The van der Waals surface area contributed by atoms with Crippen molar-refractivity contribution in [3.8, 4) is 0 Å². The van der Waals surface area contributed by atoms with E-state index in [-0.39, 0.29) is 37.2 Å². The zero-order valence-electron chi connectivity index (χ0n) is 21.7. The van der Waals surface area contributed by atoms with Crippen molar-refractivity contribution in [2.45, 2.75) is 44.6 Å². The van der Waals surface area contributed by atoms with Crippen LogP contribution in [0.1, 0.15) is 51.5 Å². The van der Waals surface area contributed by atoms with Gasteiger partial charge in [-0.1, -0.05) is 72.8 Å². The highest BCUT2D eigenvalue weighted by atomic mass is 16.2. The maximum atomic E-state index is 13.2. The molecule has 40 heavy (non-hydrogen) atoms. The van der Waals surface area contributed by atoms with Crippen LogP contribution in [0.2, 0.25) is 0 Å². The average Bonchev–Trinajstić information content (AvgIpc) is 3.29. The summed E-state index contributed by atoms with van der Waals surface area (Å²) in [6.45, 7) is 0.743. The number of amides is 6. The summed E-state index contributed by atoms with van der Waals surface area (Å²) in [5.74, 6) is -1.43. The second-order valence-electron chi connectivity index (χ2n) is 9.77. The third-order valence-electron chi connectivity index (χ3n) is 7.02. The number of rotatable bonds is 8. The standard InChI is InChI=1S/C30H29N5O5/c36-25-14-13-24(27(37)33-25)35-18-22-15-20(11-12-23(22)29(35)39)17-31-28(38)26(21-9-5-2-6-10-21)34-30(40)32-16-19-7-3-1-4-8-19/h1-12,15,24,26H,13-14,16-18H2,(H,31,38)(H2,32,34,40)(H,33,36,37)/t24?,26-/m0/s1. The Morgan fingerprint density at radius 3 is 2.30 bits per heavy atom. The number of nitrogens with one attached hydrogen (secondary N) is 4. The van der Waals surface area contributed by atoms with Gasteiger partial charge in [-0.3, -0.25) is 24.5 Å². The summed E-state index contributed by atoms with van der Waals surface area (Å²) < 4.78 is 0. The molecule has 6 amide bonds. The fourth-order valence-corrected chi connectivity index (χ4v) is 4.94. The molecule has 0 aliphatic carbocycles. The molecule has 5 rings (SSSR count). The number of hydrogen-bond donors (Lipinski definition) is 4. The van der Waals surface area contributed by atoms with Crippen molar-refractivity contribution in [1.29, 1.82) is 0 Å². The molecule has 0 spiro atoms. The molecule has 2 aliphatic heterocycles. The van der Waals surface area contributed by atoms with Gasteiger partial charge in [-0.25, -0.2) is 4.79 Å². The zero-order valence-corrected chi connectivity index (χ0v) is 21.7. The van der Waals surface area contributed by atoms with Crippen molar-refractivity contribution >= 4 is 29.7 Å². The Kier molecular flexibility index (Phi) is 7.86. The third kappa shape index (κ3) is 6.01. The monoisotopic (exact) mass is 539 g/mol. The van der Waals surface area contributed by atoms with E-state index >= 15 is 0 Å². The number of carbonyl (C=O) groups excluding carboxylic acids is 5. The molecular formula is C30H29N5O5. The highest BCUT2D eigenvalue weighted by Gasteiger charge is 2.39. The molecule has 0 saturated carbocycles. The molecule has 1 saturated heterocycles. The average molecular weight is 540 g/mol. The number of piperidine rings is 1. The molecule has 1 fully saturated rings. The van der Waals surface area contributed by atoms with Crippen molar-refractivity contribution in [3.05, 3.63) is 107 Å². The quantitative estimate of drug-likeness (QED) is 0.326. The maximum absolute atomic E-state index is 13.2. The Morgan fingerprint density at radius 1 is 0.875 bits per heavy atom. The number of fused-ring (bicyclic) bond motifs is 1. The lowest BCUT2D eigenvalue weighted by molar-refractivity contribution is -0.137. The van der Waals surface area contributed by atoms with E-state index < -0.39 is 24.0 Å². The topological polar surface area (TPSA) is 137 Å². The number of hydrogen-bond acceptors (Lipinski definition) is 5. The van der Waals surface area contributed by atoms with Gasteiger partial charge in [0, 0.05) is 31.6 Å². The maximum Gasteiger partial charge on any atom is 0.315 e. The molecule has 2 heterocycles. The van der Waals surface area contributed by atoms with Crippen LogP contribution in [0, 0.1) is 0 Å². The van der Waals surface area contributed by atoms with Crippen LogP contribution in [-0.4, -0.2) is 40.6 Å².